The Bertz CT molecular complexity index is 380. The molecule has 1 aromatic rings. The van der Waals surface area contributed by atoms with Crippen molar-refractivity contribution < 1.29 is 5.11 Å². The second-order valence-electron chi connectivity index (χ2n) is 5.64. The molecule has 0 spiro atoms. The van der Waals surface area contributed by atoms with Crippen molar-refractivity contribution in [2.75, 3.05) is 0 Å². The lowest BCUT2D eigenvalue weighted by Gasteiger charge is -2.36. The standard InChI is InChI=1S/C14H20OS/c1-10-4-7-13(16-10)14(15)8-2-3-12(9-14)11-5-6-11/h4,7,11-12,15H,2-3,5-6,8-9H2,1H3. The van der Waals surface area contributed by atoms with Crippen molar-refractivity contribution in [3.05, 3.63) is 21.9 Å². The minimum atomic E-state index is -0.496. The second-order valence-corrected chi connectivity index (χ2v) is 6.92. The fraction of sp³-hybridized carbons (Fsp3) is 0.714. The fourth-order valence-electron chi connectivity index (χ4n) is 3.17. The summed E-state index contributed by atoms with van der Waals surface area (Å²) >= 11 is 1.78. The largest absolute Gasteiger partial charge is 0.384 e. The molecule has 0 aliphatic heterocycles. The SMILES string of the molecule is Cc1ccc(C2(O)CCCC(C3CC3)C2)s1. The highest BCUT2D eigenvalue weighted by Crippen LogP contribution is 2.50. The van der Waals surface area contributed by atoms with Gasteiger partial charge in [-0.1, -0.05) is 0 Å². The predicted molar refractivity (Wildman–Crippen MR) is 67.6 cm³/mol. The molecule has 2 aliphatic carbocycles. The predicted octanol–water partition coefficient (Wildman–Crippen LogP) is 3.84. The average Bonchev–Trinajstić information content (AvgIpc) is 3.01. The highest BCUT2D eigenvalue weighted by Gasteiger charge is 2.42. The Hall–Kier alpha value is -0.340. The lowest BCUT2D eigenvalue weighted by Crippen LogP contribution is -2.32. The summed E-state index contributed by atoms with van der Waals surface area (Å²) in [5, 5.41) is 10.8. The minimum absolute atomic E-state index is 0.496. The first-order valence-corrected chi connectivity index (χ1v) is 7.28. The molecule has 0 bridgehead atoms. The summed E-state index contributed by atoms with van der Waals surface area (Å²) in [6.45, 7) is 2.12. The Morgan fingerprint density at radius 3 is 2.69 bits per heavy atom. The lowest BCUT2D eigenvalue weighted by molar-refractivity contribution is -0.0219. The van der Waals surface area contributed by atoms with Crippen LogP contribution in [0.2, 0.25) is 0 Å². The van der Waals surface area contributed by atoms with Gasteiger partial charge >= 0.3 is 0 Å². The Morgan fingerprint density at radius 2 is 2.06 bits per heavy atom. The highest BCUT2D eigenvalue weighted by atomic mass is 32.1. The van der Waals surface area contributed by atoms with E-state index in [0.717, 1.165) is 24.7 Å². The third-order valence-electron chi connectivity index (χ3n) is 4.25. The lowest BCUT2D eigenvalue weighted by atomic mass is 9.75. The van der Waals surface area contributed by atoms with Crippen molar-refractivity contribution in [3.8, 4) is 0 Å². The Morgan fingerprint density at radius 1 is 1.25 bits per heavy atom. The zero-order valence-corrected chi connectivity index (χ0v) is 10.7. The van der Waals surface area contributed by atoms with Crippen LogP contribution < -0.4 is 0 Å². The molecule has 3 rings (SSSR count). The maximum Gasteiger partial charge on any atom is 0.0990 e. The molecule has 0 saturated heterocycles. The molecular weight excluding hydrogens is 216 g/mol. The molecule has 2 heteroatoms. The summed E-state index contributed by atoms with van der Waals surface area (Å²) in [6, 6.07) is 4.27. The average molecular weight is 236 g/mol. The molecule has 0 amide bonds. The third-order valence-corrected chi connectivity index (χ3v) is 5.45. The van der Waals surface area contributed by atoms with Crippen molar-refractivity contribution in [2.45, 2.75) is 51.0 Å². The van der Waals surface area contributed by atoms with Gasteiger partial charge in [-0.25, -0.2) is 0 Å². The Kier molecular flexibility index (Phi) is 2.60. The fourth-order valence-corrected chi connectivity index (χ4v) is 4.17. The topological polar surface area (TPSA) is 20.2 Å². The summed E-state index contributed by atoms with van der Waals surface area (Å²) in [4.78, 5) is 2.52. The van der Waals surface area contributed by atoms with Crippen LogP contribution in [0.4, 0.5) is 0 Å². The monoisotopic (exact) mass is 236 g/mol. The van der Waals surface area contributed by atoms with E-state index in [0.29, 0.717) is 0 Å². The van der Waals surface area contributed by atoms with Gasteiger partial charge in [-0.2, -0.15) is 0 Å². The van der Waals surface area contributed by atoms with Gasteiger partial charge < -0.3 is 5.11 Å². The van der Waals surface area contributed by atoms with Crippen LogP contribution in [0.1, 0.15) is 48.3 Å². The molecule has 2 atom stereocenters. The van der Waals surface area contributed by atoms with Crippen molar-refractivity contribution in [1.29, 1.82) is 0 Å². The number of hydrogen-bond acceptors (Lipinski definition) is 2. The molecule has 1 heterocycles. The molecule has 2 fully saturated rings. The van der Waals surface area contributed by atoms with E-state index in [1.165, 1.54) is 35.4 Å². The highest BCUT2D eigenvalue weighted by molar-refractivity contribution is 7.12. The smallest absolute Gasteiger partial charge is 0.0990 e. The molecule has 2 saturated carbocycles. The first-order valence-electron chi connectivity index (χ1n) is 6.47. The van der Waals surface area contributed by atoms with Crippen LogP contribution in [0.3, 0.4) is 0 Å². The summed E-state index contributed by atoms with van der Waals surface area (Å²) in [5.74, 6) is 1.73. The Balaban J connectivity index is 1.80. The van der Waals surface area contributed by atoms with E-state index in [9.17, 15) is 5.11 Å². The van der Waals surface area contributed by atoms with Gasteiger partial charge in [0.2, 0.25) is 0 Å². The number of rotatable bonds is 2. The third kappa shape index (κ3) is 1.93. The number of aliphatic hydroxyl groups is 1. The molecule has 1 N–H and O–H groups in total. The molecule has 0 radical (unpaired) electrons. The van der Waals surface area contributed by atoms with Crippen LogP contribution in [0, 0.1) is 18.8 Å². The zero-order valence-electron chi connectivity index (χ0n) is 9.91. The van der Waals surface area contributed by atoms with Gasteiger partial charge in [0.25, 0.3) is 0 Å². The first kappa shape index (κ1) is 10.8. The van der Waals surface area contributed by atoms with Crippen LogP contribution in [0.15, 0.2) is 12.1 Å². The zero-order chi connectivity index (χ0) is 11.2. The molecule has 1 aromatic heterocycles. The summed E-state index contributed by atoms with van der Waals surface area (Å²) in [7, 11) is 0. The van der Waals surface area contributed by atoms with E-state index < -0.39 is 5.60 Å². The van der Waals surface area contributed by atoms with E-state index in [4.69, 9.17) is 0 Å². The summed E-state index contributed by atoms with van der Waals surface area (Å²) in [5.41, 5.74) is -0.496. The first-order chi connectivity index (χ1) is 7.67. The maximum atomic E-state index is 10.8. The van der Waals surface area contributed by atoms with Crippen molar-refractivity contribution in [3.63, 3.8) is 0 Å². The van der Waals surface area contributed by atoms with Gasteiger partial charge in [0.05, 0.1) is 5.60 Å². The molecule has 2 unspecified atom stereocenters. The number of hydrogen-bond donors (Lipinski definition) is 1. The van der Waals surface area contributed by atoms with E-state index in [1.807, 2.05) is 0 Å². The Labute approximate surface area is 102 Å². The normalized spacial score (nSPS) is 35.2. The summed E-state index contributed by atoms with van der Waals surface area (Å²) < 4.78 is 0. The number of aryl methyl sites for hydroxylation is 1. The van der Waals surface area contributed by atoms with Gasteiger partial charge in [0.15, 0.2) is 0 Å². The van der Waals surface area contributed by atoms with Gasteiger partial charge in [-0.15, -0.1) is 11.3 Å². The van der Waals surface area contributed by atoms with Gasteiger partial charge in [-0.3, -0.25) is 0 Å². The van der Waals surface area contributed by atoms with Gasteiger partial charge in [-0.05, 0) is 69.4 Å². The molecular formula is C14H20OS. The van der Waals surface area contributed by atoms with Crippen LogP contribution in [-0.4, -0.2) is 5.11 Å². The minimum Gasteiger partial charge on any atom is -0.384 e. The molecule has 88 valence electrons. The van der Waals surface area contributed by atoms with E-state index in [-0.39, 0.29) is 0 Å². The molecule has 0 aromatic carbocycles. The van der Waals surface area contributed by atoms with Gasteiger partial charge in [0.1, 0.15) is 0 Å². The van der Waals surface area contributed by atoms with Crippen LogP contribution in [-0.2, 0) is 5.60 Å². The molecule has 1 nitrogen and oxygen atoms in total. The molecule has 16 heavy (non-hydrogen) atoms. The van der Waals surface area contributed by atoms with Gasteiger partial charge in [0, 0.05) is 9.75 Å². The van der Waals surface area contributed by atoms with E-state index >= 15 is 0 Å². The van der Waals surface area contributed by atoms with Crippen molar-refractivity contribution in [2.24, 2.45) is 11.8 Å². The van der Waals surface area contributed by atoms with Crippen LogP contribution in [0.25, 0.3) is 0 Å². The van der Waals surface area contributed by atoms with E-state index in [1.54, 1.807) is 11.3 Å². The van der Waals surface area contributed by atoms with Crippen LogP contribution >= 0.6 is 11.3 Å². The van der Waals surface area contributed by atoms with E-state index in [2.05, 4.69) is 19.1 Å². The number of thiophene rings is 1. The maximum absolute atomic E-state index is 10.8. The summed E-state index contributed by atoms with van der Waals surface area (Å²) in [6.07, 6.45) is 7.34. The van der Waals surface area contributed by atoms with Crippen molar-refractivity contribution >= 4 is 11.3 Å². The quantitative estimate of drug-likeness (QED) is 0.827. The van der Waals surface area contributed by atoms with Crippen LogP contribution in [0.5, 0.6) is 0 Å². The second kappa shape index (κ2) is 3.85. The van der Waals surface area contributed by atoms with Crippen molar-refractivity contribution in [1.82, 2.24) is 0 Å². The molecule has 2 aliphatic rings.